The van der Waals surface area contributed by atoms with E-state index in [1.165, 1.54) is 12.0 Å². The summed E-state index contributed by atoms with van der Waals surface area (Å²) in [5.41, 5.74) is 1.30. The molecule has 2 rings (SSSR count). The minimum Gasteiger partial charge on any atom is -0.391 e. The lowest BCUT2D eigenvalue weighted by Crippen LogP contribution is -2.42. The van der Waals surface area contributed by atoms with Crippen LogP contribution in [0.15, 0.2) is 43.0 Å². The molecule has 1 saturated heterocycles. The molecule has 0 unspecified atom stereocenters. The van der Waals surface area contributed by atoms with Crippen LogP contribution in [0, 0.1) is 5.92 Å². The van der Waals surface area contributed by atoms with Gasteiger partial charge in [0.1, 0.15) is 0 Å². The van der Waals surface area contributed by atoms with Crippen molar-refractivity contribution in [3.05, 3.63) is 48.6 Å². The van der Waals surface area contributed by atoms with Crippen molar-refractivity contribution >= 4 is 23.5 Å². The maximum atomic E-state index is 11.0. The van der Waals surface area contributed by atoms with E-state index in [1.807, 2.05) is 35.7 Å². The molecule has 3 atom stereocenters. The molecule has 1 fully saturated rings. The molecule has 3 heteroatoms. The summed E-state index contributed by atoms with van der Waals surface area (Å²) in [6.45, 7) is 8.30. The van der Waals surface area contributed by atoms with E-state index in [-0.39, 0.29) is 16.1 Å². The van der Waals surface area contributed by atoms with Gasteiger partial charge in [0.2, 0.25) is 0 Å². The third-order valence-electron chi connectivity index (χ3n) is 4.38. The standard InChI is InChI=1S/C18H26OS2/c1-4-9-16(15-10-6-5-7-11-15)14(2)17(19)18(3)20-12-8-13-21-18/h4-7,10-11,14,16-17,19H,1,8-9,12-13H2,2-3H3/t14-,16-,17+/m0/s1. The minimum absolute atomic E-state index is 0.0775. The van der Waals surface area contributed by atoms with Crippen LogP contribution in [0.2, 0.25) is 0 Å². The van der Waals surface area contributed by atoms with Gasteiger partial charge < -0.3 is 5.11 Å². The van der Waals surface area contributed by atoms with Gasteiger partial charge in [-0.1, -0.05) is 43.3 Å². The van der Waals surface area contributed by atoms with Crippen molar-refractivity contribution in [3.63, 3.8) is 0 Å². The molecule has 1 N–H and O–H groups in total. The number of allylic oxidation sites excluding steroid dienone is 1. The lowest BCUT2D eigenvalue weighted by atomic mass is 9.80. The van der Waals surface area contributed by atoms with Gasteiger partial charge in [0.15, 0.2) is 0 Å². The molecule has 1 aliphatic rings. The Bertz CT molecular complexity index is 440. The Labute approximate surface area is 137 Å². The molecular weight excluding hydrogens is 296 g/mol. The highest BCUT2D eigenvalue weighted by Gasteiger charge is 2.41. The third-order valence-corrected chi connectivity index (χ3v) is 7.71. The van der Waals surface area contributed by atoms with Crippen molar-refractivity contribution < 1.29 is 5.11 Å². The van der Waals surface area contributed by atoms with Gasteiger partial charge in [-0.25, -0.2) is 0 Å². The molecule has 1 aromatic rings. The number of hydrogen-bond acceptors (Lipinski definition) is 3. The van der Waals surface area contributed by atoms with Crippen LogP contribution in [-0.2, 0) is 0 Å². The lowest BCUT2D eigenvalue weighted by Gasteiger charge is -2.41. The van der Waals surface area contributed by atoms with E-state index in [1.54, 1.807) is 0 Å². The van der Waals surface area contributed by atoms with Crippen LogP contribution in [0.1, 0.15) is 38.2 Å². The Balaban J connectivity index is 2.17. The number of aliphatic hydroxyl groups is 1. The third kappa shape index (κ3) is 4.08. The average Bonchev–Trinajstić information content (AvgIpc) is 2.53. The fraction of sp³-hybridized carbons (Fsp3) is 0.556. The molecule has 1 aromatic carbocycles. The van der Waals surface area contributed by atoms with Gasteiger partial charge in [0.25, 0.3) is 0 Å². The Morgan fingerprint density at radius 1 is 1.29 bits per heavy atom. The van der Waals surface area contributed by atoms with Crippen LogP contribution in [-0.4, -0.2) is 26.8 Å². The van der Waals surface area contributed by atoms with Crippen molar-refractivity contribution in [2.45, 2.75) is 42.8 Å². The van der Waals surface area contributed by atoms with Crippen molar-refractivity contribution in [3.8, 4) is 0 Å². The molecule has 0 saturated carbocycles. The maximum Gasteiger partial charge on any atom is 0.0843 e. The number of aliphatic hydroxyl groups excluding tert-OH is 1. The van der Waals surface area contributed by atoms with Crippen molar-refractivity contribution in [1.82, 2.24) is 0 Å². The smallest absolute Gasteiger partial charge is 0.0843 e. The summed E-state index contributed by atoms with van der Waals surface area (Å²) in [7, 11) is 0. The van der Waals surface area contributed by atoms with Gasteiger partial charge in [0, 0.05) is 0 Å². The number of thioether (sulfide) groups is 2. The molecule has 0 aliphatic carbocycles. The van der Waals surface area contributed by atoms with Crippen LogP contribution < -0.4 is 0 Å². The topological polar surface area (TPSA) is 20.2 Å². The van der Waals surface area contributed by atoms with E-state index in [0.717, 1.165) is 17.9 Å². The summed E-state index contributed by atoms with van der Waals surface area (Å²) in [4.78, 5) is 0. The van der Waals surface area contributed by atoms with E-state index in [9.17, 15) is 5.11 Å². The highest BCUT2D eigenvalue weighted by Crippen LogP contribution is 2.48. The van der Waals surface area contributed by atoms with Crippen molar-refractivity contribution in [2.24, 2.45) is 5.92 Å². The van der Waals surface area contributed by atoms with E-state index >= 15 is 0 Å². The van der Waals surface area contributed by atoms with Crippen LogP contribution in [0.4, 0.5) is 0 Å². The first-order chi connectivity index (χ1) is 10.1. The first-order valence-electron chi connectivity index (χ1n) is 7.70. The molecule has 0 radical (unpaired) electrons. The molecule has 1 nitrogen and oxygen atoms in total. The number of hydrogen-bond donors (Lipinski definition) is 1. The van der Waals surface area contributed by atoms with E-state index in [4.69, 9.17) is 0 Å². The Morgan fingerprint density at radius 3 is 2.48 bits per heavy atom. The van der Waals surface area contributed by atoms with Crippen molar-refractivity contribution in [1.29, 1.82) is 0 Å². The molecule has 0 spiro atoms. The molecule has 0 aromatic heterocycles. The zero-order chi connectivity index (χ0) is 15.3. The molecule has 1 aliphatic heterocycles. The van der Waals surface area contributed by atoms with E-state index in [2.05, 4.69) is 44.7 Å². The van der Waals surface area contributed by atoms with Crippen LogP contribution in [0.5, 0.6) is 0 Å². The van der Waals surface area contributed by atoms with Gasteiger partial charge in [0.05, 0.1) is 10.2 Å². The zero-order valence-electron chi connectivity index (χ0n) is 13.0. The summed E-state index contributed by atoms with van der Waals surface area (Å²) < 4.78 is -0.0775. The van der Waals surface area contributed by atoms with Gasteiger partial charge in [-0.3, -0.25) is 0 Å². The molecule has 0 amide bonds. The quantitative estimate of drug-likeness (QED) is 0.750. The van der Waals surface area contributed by atoms with Gasteiger partial charge in [-0.05, 0) is 48.7 Å². The summed E-state index contributed by atoms with van der Waals surface area (Å²) >= 11 is 3.84. The molecular formula is C18H26OS2. The van der Waals surface area contributed by atoms with Crippen LogP contribution >= 0.6 is 23.5 Å². The first kappa shape index (κ1) is 17.0. The molecule has 1 heterocycles. The molecule has 21 heavy (non-hydrogen) atoms. The Morgan fingerprint density at radius 2 is 1.90 bits per heavy atom. The summed E-state index contributed by atoms with van der Waals surface area (Å²) in [6, 6.07) is 10.5. The highest BCUT2D eigenvalue weighted by atomic mass is 32.2. The monoisotopic (exact) mass is 322 g/mol. The fourth-order valence-electron chi connectivity index (χ4n) is 3.05. The summed E-state index contributed by atoms with van der Waals surface area (Å²) in [5.74, 6) is 2.86. The van der Waals surface area contributed by atoms with Crippen molar-refractivity contribution in [2.75, 3.05) is 11.5 Å². The van der Waals surface area contributed by atoms with Crippen LogP contribution in [0.3, 0.4) is 0 Å². The predicted octanol–water partition coefficient (Wildman–Crippen LogP) is 4.93. The summed E-state index contributed by atoms with van der Waals surface area (Å²) in [5, 5.41) is 11.0. The number of benzene rings is 1. The summed E-state index contributed by atoms with van der Waals surface area (Å²) in [6.07, 6.45) is 3.83. The van der Waals surface area contributed by atoms with Gasteiger partial charge in [-0.15, -0.1) is 30.1 Å². The SMILES string of the molecule is C=CC[C@H](c1ccccc1)[C@H](C)[C@@H](O)C1(C)SCCCS1. The van der Waals surface area contributed by atoms with Gasteiger partial charge >= 0.3 is 0 Å². The Hall–Kier alpha value is -0.380. The number of rotatable bonds is 6. The first-order valence-corrected chi connectivity index (χ1v) is 9.67. The second-order valence-electron chi connectivity index (χ2n) is 5.91. The van der Waals surface area contributed by atoms with E-state index < -0.39 is 0 Å². The fourth-order valence-corrected chi connectivity index (χ4v) is 6.23. The predicted molar refractivity (Wildman–Crippen MR) is 97.1 cm³/mol. The lowest BCUT2D eigenvalue weighted by molar-refractivity contribution is 0.0940. The minimum atomic E-state index is -0.307. The van der Waals surface area contributed by atoms with E-state index in [0.29, 0.717) is 5.92 Å². The maximum absolute atomic E-state index is 11.0. The highest BCUT2D eigenvalue weighted by molar-refractivity contribution is 8.18. The molecule has 116 valence electrons. The second kappa shape index (κ2) is 7.75. The second-order valence-corrected chi connectivity index (χ2v) is 9.26. The van der Waals surface area contributed by atoms with Crippen LogP contribution in [0.25, 0.3) is 0 Å². The molecule has 0 bridgehead atoms. The average molecular weight is 323 g/mol. The normalized spacial score (nSPS) is 22.2. The largest absolute Gasteiger partial charge is 0.391 e. The zero-order valence-corrected chi connectivity index (χ0v) is 14.6. The van der Waals surface area contributed by atoms with Gasteiger partial charge in [-0.2, -0.15) is 0 Å². The Kier molecular flexibility index (Phi) is 6.27.